The Balaban J connectivity index is 1.21. The maximum atomic E-state index is 13.6. The van der Waals surface area contributed by atoms with Crippen LogP contribution in [0.3, 0.4) is 0 Å². The van der Waals surface area contributed by atoms with Crippen molar-refractivity contribution in [2.75, 3.05) is 13.7 Å². The number of fused-ring (bicyclic) bond motifs is 4. The van der Waals surface area contributed by atoms with Crippen LogP contribution in [0.2, 0.25) is 5.02 Å². The van der Waals surface area contributed by atoms with Gasteiger partial charge in [-0.1, -0.05) is 24.3 Å². The Kier molecular flexibility index (Phi) is 7.69. The average Bonchev–Trinajstić information content (AvgIpc) is 3.48. The van der Waals surface area contributed by atoms with Gasteiger partial charge in [-0.2, -0.15) is 0 Å². The zero-order valence-corrected chi connectivity index (χ0v) is 25.2. The molecule has 0 radical (unpaired) electrons. The van der Waals surface area contributed by atoms with Crippen molar-refractivity contribution in [2.24, 2.45) is 5.92 Å². The van der Waals surface area contributed by atoms with Gasteiger partial charge in [0, 0.05) is 33.2 Å². The molecule has 2 aromatic carbocycles. The third kappa shape index (κ3) is 5.50. The number of methoxy groups -OCH3 is 1. The van der Waals surface area contributed by atoms with E-state index >= 15 is 0 Å². The number of allylic oxidation sites excluding steroid dienone is 1. The predicted octanol–water partition coefficient (Wildman–Crippen LogP) is 6.14. The van der Waals surface area contributed by atoms with Crippen molar-refractivity contribution in [1.82, 2.24) is 4.57 Å². The smallest absolute Gasteiger partial charge is 0.334 e. The summed E-state index contributed by atoms with van der Waals surface area (Å²) in [5, 5.41) is 1.29. The summed E-state index contributed by atoms with van der Waals surface area (Å²) in [6.45, 7) is 7.99. The third-order valence-corrected chi connectivity index (χ3v) is 9.27. The lowest BCUT2D eigenvalue weighted by molar-refractivity contribution is -0.142. The number of nitrogens with zero attached hydrogens (tertiary/aromatic N) is 1. The van der Waals surface area contributed by atoms with Crippen molar-refractivity contribution >= 4 is 40.3 Å². The van der Waals surface area contributed by atoms with E-state index in [9.17, 15) is 14.4 Å². The lowest BCUT2D eigenvalue weighted by atomic mass is 9.84. The molecule has 4 atom stereocenters. The number of aromatic nitrogens is 1. The van der Waals surface area contributed by atoms with Crippen LogP contribution in [0.5, 0.6) is 5.75 Å². The lowest BCUT2D eigenvalue weighted by Crippen LogP contribution is -2.29. The minimum atomic E-state index is -0.402. The van der Waals surface area contributed by atoms with Crippen LogP contribution in [0.4, 0.5) is 0 Å². The number of halogens is 1. The first-order valence-corrected chi connectivity index (χ1v) is 14.9. The van der Waals surface area contributed by atoms with E-state index in [4.69, 9.17) is 30.5 Å². The molecule has 0 N–H and O–H groups in total. The van der Waals surface area contributed by atoms with Crippen molar-refractivity contribution in [1.29, 1.82) is 0 Å². The van der Waals surface area contributed by atoms with Gasteiger partial charge in [-0.05, 0) is 93.1 Å². The van der Waals surface area contributed by atoms with Crippen molar-refractivity contribution < 1.29 is 33.3 Å². The highest BCUT2D eigenvalue weighted by atomic mass is 35.5. The largest absolute Gasteiger partial charge is 0.497 e. The van der Waals surface area contributed by atoms with Gasteiger partial charge < -0.3 is 18.9 Å². The monoisotopic (exact) mass is 603 g/mol. The van der Waals surface area contributed by atoms with Crippen molar-refractivity contribution in [2.45, 2.75) is 63.8 Å². The number of benzene rings is 2. The van der Waals surface area contributed by atoms with Crippen molar-refractivity contribution in [3.05, 3.63) is 88.1 Å². The van der Waals surface area contributed by atoms with Crippen LogP contribution < -0.4 is 4.74 Å². The summed E-state index contributed by atoms with van der Waals surface area (Å²) in [5.74, 6) is -0.487. The van der Waals surface area contributed by atoms with E-state index in [-0.39, 0.29) is 48.6 Å². The van der Waals surface area contributed by atoms with Gasteiger partial charge in [0.2, 0.25) is 0 Å². The minimum absolute atomic E-state index is 0.0128. The fourth-order valence-corrected chi connectivity index (χ4v) is 6.54. The SMILES string of the molecule is C=C1C(=O)O[C@@H]2[C@H]3O[C@]3(C)CC/C=C(/COC(=O)Cc3c(C)n(C(=O)c4ccc(Cl)cc4)c4ccc(OC)cc34)CC[C@@H]12. The number of esters is 2. The van der Waals surface area contributed by atoms with Gasteiger partial charge in [0.05, 0.1) is 24.6 Å². The maximum absolute atomic E-state index is 13.6. The second-order valence-electron chi connectivity index (χ2n) is 11.7. The molecular formula is C34H34ClNO7. The average molecular weight is 604 g/mol. The Bertz CT molecular complexity index is 1670. The Morgan fingerprint density at radius 1 is 1.19 bits per heavy atom. The van der Waals surface area contributed by atoms with E-state index in [1.54, 1.807) is 42.0 Å². The first kappa shape index (κ1) is 29.2. The Hall–Kier alpha value is -3.88. The molecule has 6 rings (SSSR count). The summed E-state index contributed by atoms with van der Waals surface area (Å²) < 4.78 is 24.5. The quantitative estimate of drug-likeness (QED) is 0.144. The Morgan fingerprint density at radius 2 is 1.95 bits per heavy atom. The first-order chi connectivity index (χ1) is 20.6. The molecule has 0 unspecified atom stereocenters. The van der Waals surface area contributed by atoms with E-state index in [1.807, 2.05) is 26.0 Å². The highest BCUT2D eigenvalue weighted by Crippen LogP contribution is 2.49. The number of hydrogen-bond donors (Lipinski definition) is 0. The first-order valence-electron chi connectivity index (χ1n) is 14.5. The molecule has 0 amide bonds. The molecule has 0 saturated carbocycles. The zero-order valence-electron chi connectivity index (χ0n) is 24.5. The molecule has 2 fully saturated rings. The number of rotatable bonds is 6. The second-order valence-corrected chi connectivity index (χ2v) is 12.2. The summed E-state index contributed by atoms with van der Waals surface area (Å²) in [6, 6.07) is 12.2. The number of ether oxygens (including phenoxy) is 4. The molecule has 8 nitrogen and oxygen atoms in total. The minimum Gasteiger partial charge on any atom is -0.497 e. The second kappa shape index (κ2) is 11.3. The highest BCUT2D eigenvalue weighted by Gasteiger charge is 2.61. The number of epoxide rings is 1. The molecule has 2 aliphatic heterocycles. The molecule has 9 heteroatoms. The molecule has 0 spiro atoms. The lowest BCUT2D eigenvalue weighted by Gasteiger charge is -2.20. The summed E-state index contributed by atoms with van der Waals surface area (Å²) in [5.41, 5.74) is 3.64. The van der Waals surface area contributed by atoms with E-state index in [0.717, 1.165) is 23.8 Å². The fraction of sp³-hybridized carbons (Fsp3) is 0.382. The van der Waals surface area contributed by atoms with Gasteiger partial charge in [0.15, 0.2) is 0 Å². The standard InChI is InChI=1S/C34H34ClNO7/c1-19-25-13-7-21(6-5-15-34(3)31(43-34)30(25)42-33(19)39)18-41-29(37)17-26-20(2)36(28-14-12-24(40-4)16-27(26)28)32(38)22-8-10-23(35)11-9-22/h6,8-12,14,16,25,30-31H,1,5,7,13,15,17-18H2,2-4H3/b21-6+/t25-,30-,31+,34+/m0/s1. The molecule has 1 aromatic heterocycles. The van der Waals surface area contributed by atoms with E-state index in [0.29, 0.717) is 51.5 Å². The van der Waals surface area contributed by atoms with E-state index < -0.39 is 5.97 Å². The van der Waals surface area contributed by atoms with Crippen LogP contribution in [0.15, 0.2) is 66.3 Å². The Labute approximate surface area is 255 Å². The summed E-state index contributed by atoms with van der Waals surface area (Å²) >= 11 is 6.04. The van der Waals surface area contributed by atoms with Gasteiger partial charge in [-0.3, -0.25) is 14.2 Å². The van der Waals surface area contributed by atoms with Crippen molar-refractivity contribution in [3.8, 4) is 5.75 Å². The summed E-state index contributed by atoms with van der Waals surface area (Å²) in [6.07, 6.45) is 4.54. The van der Waals surface area contributed by atoms with Crippen LogP contribution in [0, 0.1) is 12.8 Å². The van der Waals surface area contributed by atoms with E-state index in [1.165, 1.54) is 0 Å². The molecule has 3 aliphatic rings. The van der Waals surface area contributed by atoms with Gasteiger partial charge in [0.25, 0.3) is 5.91 Å². The normalized spacial score (nSPS) is 26.1. The van der Waals surface area contributed by atoms with Crippen LogP contribution in [0.1, 0.15) is 54.2 Å². The maximum Gasteiger partial charge on any atom is 0.334 e. The third-order valence-electron chi connectivity index (χ3n) is 9.01. The summed E-state index contributed by atoms with van der Waals surface area (Å²) in [7, 11) is 1.58. The molecule has 43 heavy (non-hydrogen) atoms. The van der Waals surface area contributed by atoms with Crippen LogP contribution in [-0.4, -0.2) is 53.9 Å². The topological polar surface area (TPSA) is 96.4 Å². The van der Waals surface area contributed by atoms with Gasteiger partial charge >= 0.3 is 11.9 Å². The number of carbonyl (C=O) groups is 3. The molecule has 0 bridgehead atoms. The van der Waals surface area contributed by atoms with Gasteiger partial charge in [-0.15, -0.1) is 0 Å². The van der Waals surface area contributed by atoms with Crippen molar-refractivity contribution in [3.63, 3.8) is 0 Å². The number of carbonyl (C=O) groups excluding carboxylic acids is 3. The molecule has 3 aromatic rings. The number of hydrogen-bond acceptors (Lipinski definition) is 7. The molecule has 1 aliphatic carbocycles. The molecule has 224 valence electrons. The predicted molar refractivity (Wildman–Crippen MR) is 161 cm³/mol. The molecule has 2 saturated heterocycles. The fourth-order valence-electron chi connectivity index (χ4n) is 6.42. The molecule has 3 heterocycles. The zero-order chi connectivity index (χ0) is 30.5. The Morgan fingerprint density at radius 3 is 2.70 bits per heavy atom. The van der Waals surface area contributed by atoms with Gasteiger partial charge in [0.1, 0.15) is 24.6 Å². The van der Waals surface area contributed by atoms with Crippen LogP contribution in [-0.2, 0) is 30.2 Å². The summed E-state index contributed by atoms with van der Waals surface area (Å²) in [4.78, 5) is 39.1. The van der Waals surface area contributed by atoms with Crippen LogP contribution in [0.25, 0.3) is 10.9 Å². The van der Waals surface area contributed by atoms with E-state index in [2.05, 4.69) is 12.7 Å². The van der Waals surface area contributed by atoms with Gasteiger partial charge in [-0.25, -0.2) is 4.79 Å². The molecular weight excluding hydrogens is 570 g/mol. The highest BCUT2D eigenvalue weighted by molar-refractivity contribution is 6.30. The van der Waals surface area contributed by atoms with Crippen LogP contribution >= 0.6 is 11.6 Å².